The molecule has 180 valence electrons. The van der Waals surface area contributed by atoms with Gasteiger partial charge in [0.2, 0.25) is 0 Å². The Morgan fingerprint density at radius 3 is 2.36 bits per heavy atom. The van der Waals surface area contributed by atoms with E-state index in [2.05, 4.69) is 13.0 Å². The van der Waals surface area contributed by atoms with Gasteiger partial charge in [-0.25, -0.2) is 0 Å². The fourth-order valence-corrected chi connectivity index (χ4v) is 6.57. The lowest BCUT2D eigenvalue weighted by Gasteiger charge is -2.50. The largest absolute Gasteiger partial charge is 0.458 e. The van der Waals surface area contributed by atoms with Gasteiger partial charge in [0.1, 0.15) is 18.0 Å². The Morgan fingerprint density at radius 1 is 0.970 bits per heavy atom. The lowest BCUT2D eigenvalue weighted by atomic mass is 9.55. The van der Waals surface area contributed by atoms with E-state index in [1.165, 1.54) is 11.1 Å². The van der Waals surface area contributed by atoms with E-state index in [4.69, 9.17) is 14.2 Å². The third-order valence-electron chi connectivity index (χ3n) is 8.25. The van der Waals surface area contributed by atoms with E-state index in [-0.39, 0.29) is 35.5 Å². The van der Waals surface area contributed by atoms with Crippen molar-refractivity contribution in [3.8, 4) is 5.75 Å². The predicted octanol–water partition coefficient (Wildman–Crippen LogP) is 5.11. The second kappa shape index (κ2) is 9.47. The van der Waals surface area contributed by atoms with Crippen LogP contribution in [0.3, 0.4) is 0 Å². The Hall–Kier alpha value is -2.37. The molecule has 0 unspecified atom stereocenters. The highest BCUT2D eigenvalue weighted by Crippen LogP contribution is 2.62. The van der Waals surface area contributed by atoms with Crippen molar-refractivity contribution >= 4 is 17.9 Å². The minimum absolute atomic E-state index is 0.196. The van der Waals surface area contributed by atoms with E-state index in [1.54, 1.807) is 20.8 Å². The maximum absolute atomic E-state index is 12.3. The summed E-state index contributed by atoms with van der Waals surface area (Å²) in [7, 11) is 0. The number of hydrogen-bond acceptors (Lipinski definition) is 6. The molecule has 6 nitrogen and oxygen atoms in total. The average Bonchev–Trinajstić information content (AvgIpc) is 3.09. The van der Waals surface area contributed by atoms with Crippen molar-refractivity contribution in [1.82, 2.24) is 0 Å². The maximum Gasteiger partial charge on any atom is 0.310 e. The number of benzene rings is 1. The monoisotopic (exact) mass is 456 g/mol. The van der Waals surface area contributed by atoms with Crippen molar-refractivity contribution in [2.45, 2.75) is 97.2 Å². The Morgan fingerprint density at radius 2 is 1.67 bits per heavy atom. The highest BCUT2D eigenvalue weighted by atomic mass is 16.6. The van der Waals surface area contributed by atoms with Gasteiger partial charge in [-0.3, -0.25) is 14.4 Å². The van der Waals surface area contributed by atoms with Crippen molar-refractivity contribution in [3.63, 3.8) is 0 Å². The number of aryl methyl sites for hydroxylation is 1. The van der Waals surface area contributed by atoms with E-state index in [9.17, 15) is 14.4 Å². The molecule has 0 aromatic heterocycles. The number of esters is 3. The molecule has 0 bridgehead atoms. The molecule has 0 N–H and O–H groups in total. The Bertz CT molecular complexity index is 923. The van der Waals surface area contributed by atoms with Crippen LogP contribution in [0.15, 0.2) is 18.2 Å². The third-order valence-corrected chi connectivity index (χ3v) is 8.25. The molecule has 1 aromatic carbocycles. The molecule has 2 fully saturated rings. The quantitative estimate of drug-likeness (QED) is 0.437. The first-order valence-electron chi connectivity index (χ1n) is 12.5. The minimum atomic E-state index is -0.386. The second-order valence-electron chi connectivity index (χ2n) is 10.0. The first kappa shape index (κ1) is 23.8. The van der Waals surface area contributed by atoms with E-state index in [0.29, 0.717) is 42.8 Å². The van der Waals surface area contributed by atoms with Gasteiger partial charge in [-0.15, -0.1) is 0 Å². The zero-order valence-corrected chi connectivity index (χ0v) is 20.2. The Labute approximate surface area is 196 Å². The fraction of sp³-hybridized carbons (Fsp3) is 0.667. The molecule has 33 heavy (non-hydrogen) atoms. The van der Waals surface area contributed by atoms with Gasteiger partial charge < -0.3 is 14.2 Å². The predicted molar refractivity (Wildman–Crippen MR) is 123 cm³/mol. The second-order valence-corrected chi connectivity index (χ2v) is 10.0. The summed E-state index contributed by atoms with van der Waals surface area (Å²) >= 11 is 0. The van der Waals surface area contributed by atoms with E-state index in [0.717, 1.165) is 32.1 Å². The molecule has 0 amide bonds. The van der Waals surface area contributed by atoms with Crippen molar-refractivity contribution in [2.75, 3.05) is 0 Å². The number of rotatable bonds is 6. The van der Waals surface area contributed by atoms with Crippen LogP contribution in [0.25, 0.3) is 0 Å². The zero-order valence-electron chi connectivity index (χ0n) is 20.2. The molecule has 0 spiro atoms. The van der Waals surface area contributed by atoms with Crippen LogP contribution in [0.4, 0.5) is 0 Å². The number of fused-ring (bicyclic) bond motifs is 5. The van der Waals surface area contributed by atoms with Gasteiger partial charge in [0.25, 0.3) is 0 Å². The molecule has 2 saturated carbocycles. The molecule has 3 aliphatic rings. The van der Waals surface area contributed by atoms with Crippen molar-refractivity contribution in [2.24, 2.45) is 17.3 Å². The van der Waals surface area contributed by atoms with Crippen molar-refractivity contribution in [1.29, 1.82) is 0 Å². The van der Waals surface area contributed by atoms with E-state index >= 15 is 0 Å². The molecule has 0 saturated heterocycles. The van der Waals surface area contributed by atoms with Crippen LogP contribution in [0.2, 0.25) is 0 Å². The normalized spacial score (nSPS) is 32.2. The standard InChI is InChI=1S/C27H36O6/c1-5-23(28)31-17-9-11-18-16(14-17)8-10-20-19(18)12-13-27(4)21(20)15-22(32-24(29)6-2)26(27)33-25(30)7-3/h9,11,14,19-22,26H,5-8,10,12-13,15H2,1-4H3/t19-,20-,21+,22-,26+,27+/m0/s1. The first-order valence-corrected chi connectivity index (χ1v) is 12.5. The summed E-state index contributed by atoms with van der Waals surface area (Å²) in [6.07, 6.45) is 4.86. The van der Waals surface area contributed by atoms with Gasteiger partial charge in [0.05, 0.1) is 0 Å². The van der Waals surface area contributed by atoms with Crippen LogP contribution in [-0.4, -0.2) is 30.1 Å². The molecule has 4 rings (SSSR count). The Kier molecular flexibility index (Phi) is 6.83. The van der Waals surface area contributed by atoms with Gasteiger partial charge in [-0.05, 0) is 73.1 Å². The van der Waals surface area contributed by atoms with Crippen molar-refractivity contribution < 1.29 is 28.6 Å². The highest BCUT2D eigenvalue weighted by molar-refractivity contribution is 5.72. The van der Waals surface area contributed by atoms with Gasteiger partial charge in [0, 0.05) is 24.7 Å². The summed E-state index contributed by atoms with van der Waals surface area (Å²) in [6.45, 7) is 7.61. The number of ether oxygens (including phenoxy) is 3. The van der Waals surface area contributed by atoms with E-state index in [1.807, 2.05) is 12.1 Å². The van der Waals surface area contributed by atoms with Gasteiger partial charge in [-0.1, -0.05) is 33.8 Å². The van der Waals surface area contributed by atoms with Crippen LogP contribution in [-0.2, 0) is 30.3 Å². The molecule has 3 aliphatic carbocycles. The zero-order chi connectivity index (χ0) is 23.8. The summed E-state index contributed by atoms with van der Waals surface area (Å²) in [5, 5.41) is 0. The minimum Gasteiger partial charge on any atom is -0.458 e. The number of carbonyl (C=O) groups is 3. The summed E-state index contributed by atoms with van der Waals surface area (Å²) in [6, 6.07) is 6.07. The SMILES string of the molecule is CCC(=O)Oc1ccc2c(c1)CC[C@@H]1[C@H]3C[C@H](OC(=O)CC)[C@@H](OC(=O)CC)[C@]3(C)CC[C@@H]21. The molecular formula is C27H36O6. The average molecular weight is 457 g/mol. The van der Waals surface area contributed by atoms with Crippen LogP contribution in [0.5, 0.6) is 5.75 Å². The van der Waals surface area contributed by atoms with Gasteiger partial charge in [-0.2, -0.15) is 0 Å². The summed E-state index contributed by atoms with van der Waals surface area (Å²) < 4.78 is 17.2. The van der Waals surface area contributed by atoms with Crippen LogP contribution in [0.1, 0.15) is 89.7 Å². The van der Waals surface area contributed by atoms with Crippen LogP contribution in [0, 0.1) is 17.3 Å². The molecule has 0 radical (unpaired) electrons. The Balaban J connectivity index is 1.59. The molecule has 0 heterocycles. The molecule has 0 aliphatic heterocycles. The summed E-state index contributed by atoms with van der Waals surface area (Å²) in [5.41, 5.74) is 2.42. The van der Waals surface area contributed by atoms with Gasteiger partial charge >= 0.3 is 17.9 Å². The van der Waals surface area contributed by atoms with Crippen molar-refractivity contribution in [3.05, 3.63) is 29.3 Å². The number of carbonyl (C=O) groups excluding carboxylic acids is 3. The molecule has 6 atom stereocenters. The fourth-order valence-electron chi connectivity index (χ4n) is 6.57. The topological polar surface area (TPSA) is 78.9 Å². The van der Waals surface area contributed by atoms with Crippen LogP contribution < -0.4 is 4.74 Å². The first-order chi connectivity index (χ1) is 15.8. The molecule has 6 heteroatoms. The maximum atomic E-state index is 12.3. The lowest BCUT2D eigenvalue weighted by molar-refractivity contribution is -0.173. The van der Waals surface area contributed by atoms with E-state index < -0.39 is 0 Å². The molecule has 1 aromatic rings. The third kappa shape index (κ3) is 4.41. The van der Waals surface area contributed by atoms with Crippen LogP contribution >= 0.6 is 0 Å². The van der Waals surface area contributed by atoms with Gasteiger partial charge in [0.15, 0.2) is 0 Å². The highest BCUT2D eigenvalue weighted by Gasteiger charge is 2.61. The molecular weight excluding hydrogens is 420 g/mol. The number of hydrogen-bond donors (Lipinski definition) is 0. The lowest BCUT2D eigenvalue weighted by Crippen LogP contribution is -2.47. The summed E-state index contributed by atoms with van der Waals surface area (Å²) in [4.78, 5) is 36.1. The smallest absolute Gasteiger partial charge is 0.310 e. The summed E-state index contributed by atoms with van der Waals surface area (Å²) in [5.74, 6) is 1.14.